The summed E-state index contributed by atoms with van der Waals surface area (Å²) in [5.74, 6) is 0.282. The Balaban J connectivity index is 1.76. The van der Waals surface area contributed by atoms with Gasteiger partial charge in [0.2, 0.25) is 0 Å². The molecule has 26 heavy (non-hydrogen) atoms. The Kier molecular flexibility index (Phi) is 4.34. The fourth-order valence-corrected chi connectivity index (χ4v) is 4.52. The van der Waals surface area contributed by atoms with Crippen LogP contribution in [-0.4, -0.2) is 9.55 Å². The topological polar surface area (TPSA) is 41.6 Å². The average molecular weight is 341 g/mol. The Hall–Kier alpha value is -2.86. The van der Waals surface area contributed by atoms with Crippen LogP contribution in [0.2, 0.25) is 0 Å². The number of aromatic nitrogens is 2. The zero-order chi connectivity index (χ0) is 18.0. The van der Waals surface area contributed by atoms with E-state index in [4.69, 9.17) is 0 Å². The van der Waals surface area contributed by atoms with Crippen LogP contribution in [-0.2, 0) is 5.41 Å². The number of rotatable bonds is 4. The van der Waals surface area contributed by atoms with E-state index in [1.54, 1.807) is 0 Å². The van der Waals surface area contributed by atoms with Crippen LogP contribution in [0.3, 0.4) is 0 Å². The molecule has 1 aromatic heterocycles. The van der Waals surface area contributed by atoms with Gasteiger partial charge in [-0.2, -0.15) is 5.26 Å². The maximum Gasteiger partial charge on any atom is 0.110 e. The maximum absolute atomic E-state index is 10.4. The lowest BCUT2D eigenvalue weighted by Gasteiger charge is -2.34. The van der Waals surface area contributed by atoms with Crippen LogP contribution in [0.5, 0.6) is 0 Å². The monoisotopic (exact) mass is 341 g/mol. The Morgan fingerprint density at radius 1 is 1.00 bits per heavy atom. The highest BCUT2D eigenvalue weighted by Crippen LogP contribution is 2.49. The van der Waals surface area contributed by atoms with Crippen molar-refractivity contribution >= 4 is 0 Å². The van der Waals surface area contributed by atoms with Crippen LogP contribution in [0.4, 0.5) is 0 Å². The van der Waals surface area contributed by atoms with Crippen molar-refractivity contribution in [3.05, 3.63) is 90.0 Å². The van der Waals surface area contributed by atoms with Gasteiger partial charge in [-0.1, -0.05) is 60.7 Å². The fourth-order valence-electron chi connectivity index (χ4n) is 4.52. The van der Waals surface area contributed by atoms with Gasteiger partial charge in [0.1, 0.15) is 5.41 Å². The van der Waals surface area contributed by atoms with Crippen LogP contribution in [0.15, 0.2) is 73.2 Å². The molecule has 1 fully saturated rings. The van der Waals surface area contributed by atoms with Gasteiger partial charge in [0.15, 0.2) is 0 Å². The molecule has 3 heteroatoms. The number of nitrogens with zero attached hydrogens (tertiary/aromatic N) is 3. The molecule has 0 bridgehead atoms. The van der Waals surface area contributed by atoms with Crippen LogP contribution < -0.4 is 0 Å². The van der Waals surface area contributed by atoms with Crippen molar-refractivity contribution in [3.63, 3.8) is 0 Å². The minimum atomic E-state index is -0.604. The summed E-state index contributed by atoms with van der Waals surface area (Å²) in [7, 11) is 0. The number of hydrogen-bond donors (Lipinski definition) is 0. The molecule has 1 saturated carbocycles. The largest absolute Gasteiger partial charge is 0.334 e. The standard InChI is InChI=1S/C23H23N3/c1-18-15-26(17-25-18)22-13-12-21(14-22)23(16-24,19-8-4-2-5-9-19)20-10-6-3-7-11-20/h2-11,15,17,21-22H,12-14H2,1H3/t21?,22-/m0/s1. The molecule has 0 radical (unpaired) electrons. The van der Waals surface area contributed by atoms with E-state index >= 15 is 0 Å². The predicted molar refractivity (Wildman–Crippen MR) is 103 cm³/mol. The quantitative estimate of drug-likeness (QED) is 0.667. The van der Waals surface area contributed by atoms with Gasteiger partial charge < -0.3 is 4.57 Å². The Labute approximate surface area is 154 Å². The third kappa shape index (κ3) is 2.72. The second-order valence-electron chi connectivity index (χ2n) is 7.28. The minimum Gasteiger partial charge on any atom is -0.334 e. The van der Waals surface area contributed by atoms with Crippen LogP contribution in [0.1, 0.15) is 42.1 Å². The first-order chi connectivity index (χ1) is 12.7. The van der Waals surface area contributed by atoms with Gasteiger partial charge in [-0.3, -0.25) is 0 Å². The fraction of sp³-hybridized carbons (Fsp3) is 0.304. The average Bonchev–Trinajstić information content (AvgIpc) is 3.34. The molecule has 130 valence electrons. The number of nitriles is 1. The van der Waals surface area contributed by atoms with Gasteiger partial charge >= 0.3 is 0 Å². The SMILES string of the molecule is Cc1cn([C@H]2CCC(C(C#N)(c3ccccc3)c3ccccc3)C2)cn1. The molecule has 3 nitrogen and oxygen atoms in total. The van der Waals surface area contributed by atoms with Crippen molar-refractivity contribution in [3.8, 4) is 6.07 Å². The highest BCUT2D eigenvalue weighted by atomic mass is 15.1. The lowest BCUT2D eigenvalue weighted by atomic mass is 9.66. The van der Waals surface area contributed by atoms with Gasteiger partial charge in [0.25, 0.3) is 0 Å². The molecule has 1 unspecified atom stereocenters. The summed E-state index contributed by atoms with van der Waals surface area (Å²) in [6.07, 6.45) is 7.17. The van der Waals surface area contributed by atoms with Gasteiger partial charge in [0, 0.05) is 12.2 Å². The molecule has 0 amide bonds. The first-order valence-corrected chi connectivity index (χ1v) is 9.26. The molecule has 4 rings (SSSR count). The zero-order valence-corrected chi connectivity index (χ0v) is 15.0. The molecule has 0 N–H and O–H groups in total. The second kappa shape index (κ2) is 6.80. The summed E-state index contributed by atoms with van der Waals surface area (Å²) in [5, 5.41) is 10.4. The Bertz CT molecular complexity index is 866. The molecular formula is C23H23N3. The van der Waals surface area contributed by atoms with E-state index < -0.39 is 5.41 Å². The van der Waals surface area contributed by atoms with Crippen LogP contribution >= 0.6 is 0 Å². The number of aryl methyl sites for hydroxylation is 1. The number of benzene rings is 2. The maximum atomic E-state index is 10.4. The van der Waals surface area contributed by atoms with E-state index in [9.17, 15) is 5.26 Å². The summed E-state index contributed by atoms with van der Waals surface area (Å²) in [5.41, 5.74) is 2.64. The Morgan fingerprint density at radius 3 is 2.12 bits per heavy atom. The minimum absolute atomic E-state index is 0.282. The van der Waals surface area contributed by atoms with E-state index in [0.29, 0.717) is 6.04 Å². The molecule has 0 saturated heterocycles. The van der Waals surface area contributed by atoms with Crippen LogP contribution in [0.25, 0.3) is 0 Å². The highest BCUT2D eigenvalue weighted by Gasteiger charge is 2.46. The van der Waals surface area contributed by atoms with E-state index in [1.807, 2.05) is 49.6 Å². The van der Waals surface area contributed by atoms with E-state index in [-0.39, 0.29) is 5.92 Å². The molecular weight excluding hydrogens is 318 g/mol. The summed E-state index contributed by atoms with van der Waals surface area (Å²) in [6, 6.07) is 23.8. The number of imidazole rings is 1. The van der Waals surface area contributed by atoms with Gasteiger partial charge in [0.05, 0.1) is 18.1 Å². The van der Waals surface area contributed by atoms with Gasteiger partial charge in [-0.25, -0.2) is 4.98 Å². The van der Waals surface area contributed by atoms with E-state index in [2.05, 4.69) is 46.1 Å². The summed E-state index contributed by atoms with van der Waals surface area (Å²) < 4.78 is 2.23. The van der Waals surface area contributed by atoms with Crippen molar-refractivity contribution in [1.82, 2.24) is 9.55 Å². The first-order valence-electron chi connectivity index (χ1n) is 9.26. The third-order valence-electron chi connectivity index (χ3n) is 5.80. The first kappa shape index (κ1) is 16.6. The zero-order valence-electron chi connectivity index (χ0n) is 15.0. The molecule has 0 spiro atoms. The molecule has 3 aromatic rings. The lowest BCUT2D eigenvalue weighted by Crippen LogP contribution is -2.34. The second-order valence-corrected chi connectivity index (χ2v) is 7.28. The van der Waals surface area contributed by atoms with Crippen molar-refractivity contribution in [2.45, 2.75) is 37.6 Å². The number of hydrogen-bond acceptors (Lipinski definition) is 2. The highest BCUT2D eigenvalue weighted by molar-refractivity contribution is 5.47. The van der Waals surface area contributed by atoms with Gasteiger partial charge in [-0.05, 0) is 43.2 Å². The molecule has 0 aliphatic heterocycles. The van der Waals surface area contributed by atoms with Crippen LogP contribution in [0, 0.1) is 24.2 Å². The molecule has 1 heterocycles. The summed E-state index contributed by atoms with van der Waals surface area (Å²) in [4.78, 5) is 4.38. The molecule has 2 atom stereocenters. The van der Waals surface area contributed by atoms with Crippen molar-refractivity contribution < 1.29 is 0 Å². The van der Waals surface area contributed by atoms with Gasteiger partial charge in [-0.15, -0.1) is 0 Å². The molecule has 2 aromatic carbocycles. The normalized spacial score (nSPS) is 20.0. The third-order valence-corrected chi connectivity index (χ3v) is 5.80. The van der Waals surface area contributed by atoms with E-state index in [1.165, 1.54) is 0 Å². The lowest BCUT2D eigenvalue weighted by molar-refractivity contribution is 0.381. The van der Waals surface area contributed by atoms with E-state index in [0.717, 1.165) is 36.1 Å². The van der Waals surface area contributed by atoms with Crippen molar-refractivity contribution in [1.29, 1.82) is 5.26 Å². The summed E-state index contributed by atoms with van der Waals surface area (Å²) in [6.45, 7) is 2.02. The Morgan fingerprint density at radius 2 is 1.62 bits per heavy atom. The summed E-state index contributed by atoms with van der Waals surface area (Å²) >= 11 is 0. The smallest absolute Gasteiger partial charge is 0.110 e. The predicted octanol–water partition coefficient (Wildman–Crippen LogP) is 5.04. The van der Waals surface area contributed by atoms with Crippen molar-refractivity contribution in [2.24, 2.45) is 5.92 Å². The molecule has 1 aliphatic rings. The molecule has 1 aliphatic carbocycles. The van der Waals surface area contributed by atoms with Crippen molar-refractivity contribution in [2.75, 3.05) is 0 Å².